The summed E-state index contributed by atoms with van der Waals surface area (Å²) in [7, 11) is 0. The Morgan fingerprint density at radius 2 is 1.89 bits per heavy atom. The van der Waals surface area contributed by atoms with E-state index in [4.69, 9.17) is 21.7 Å². The smallest absolute Gasteiger partial charge is 0.252 e. The van der Waals surface area contributed by atoms with Gasteiger partial charge in [-0.15, -0.1) is 0 Å². The van der Waals surface area contributed by atoms with E-state index in [1.807, 2.05) is 61.7 Å². The maximum Gasteiger partial charge on any atom is 0.252 e. The van der Waals surface area contributed by atoms with E-state index in [9.17, 15) is 9.18 Å². The second-order valence-electron chi connectivity index (χ2n) is 8.57. The molecular formula is C29H24ClFN4OS. The molecule has 5 rings (SSSR count). The number of benzene rings is 3. The minimum absolute atomic E-state index is 0.165. The number of amidine groups is 1. The van der Waals surface area contributed by atoms with Crippen LogP contribution < -0.4 is 0 Å². The number of para-hydroxylation sites is 1. The van der Waals surface area contributed by atoms with Gasteiger partial charge in [-0.25, -0.2) is 14.1 Å². The summed E-state index contributed by atoms with van der Waals surface area (Å²) in [6, 6.07) is 21.5. The molecule has 4 aromatic rings. The summed E-state index contributed by atoms with van der Waals surface area (Å²) in [4.78, 5) is 19.7. The second kappa shape index (κ2) is 11.2. The van der Waals surface area contributed by atoms with Crippen LogP contribution in [0.4, 0.5) is 10.1 Å². The third-order valence-electron chi connectivity index (χ3n) is 5.92. The zero-order valence-corrected chi connectivity index (χ0v) is 21.7. The van der Waals surface area contributed by atoms with E-state index in [0.717, 1.165) is 34.6 Å². The first-order valence-corrected chi connectivity index (χ1v) is 13.2. The van der Waals surface area contributed by atoms with Crippen LogP contribution in [0.5, 0.6) is 0 Å². The highest BCUT2D eigenvalue weighted by Gasteiger charge is 2.22. The first-order chi connectivity index (χ1) is 18.0. The Hall–Kier alpha value is -3.68. The van der Waals surface area contributed by atoms with E-state index in [0.29, 0.717) is 28.1 Å². The third kappa shape index (κ3) is 5.84. The number of aromatic nitrogens is 2. The molecule has 0 aliphatic carbocycles. The van der Waals surface area contributed by atoms with Crippen molar-refractivity contribution in [3.63, 3.8) is 0 Å². The molecule has 37 heavy (non-hydrogen) atoms. The Morgan fingerprint density at radius 1 is 1.11 bits per heavy atom. The predicted molar refractivity (Wildman–Crippen MR) is 150 cm³/mol. The van der Waals surface area contributed by atoms with Crippen LogP contribution in [0.15, 0.2) is 90.1 Å². The van der Waals surface area contributed by atoms with Crippen molar-refractivity contribution in [2.75, 3.05) is 12.3 Å². The van der Waals surface area contributed by atoms with E-state index in [1.165, 1.54) is 12.1 Å². The molecule has 0 N–H and O–H groups in total. The first kappa shape index (κ1) is 25.0. The average Bonchev–Trinajstić information content (AvgIpc) is 3.35. The standard InChI is InChI=1S/C29H24ClFN4OS/c1-20-8-14-24(18-26(20)30)32-29-34(16-5-17-37-29)27(36)15-11-22-19-35(25-6-3-2-4-7-25)33-28(22)21-9-12-23(31)13-10-21/h2-4,6-15,18-19H,5,16-17H2,1H3. The number of aliphatic imine (C=N–C) groups is 1. The molecule has 1 saturated heterocycles. The van der Waals surface area contributed by atoms with Crippen LogP contribution in [0.2, 0.25) is 5.02 Å². The van der Waals surface area contributed by atoms with Gasteiger partial charge in [0.2, 0.25) is 0 Å². The van der Waals surface area contributed by atoms with Crippen molar-refractivity contribution in [2.24, 2.45) is 4.99 Å². The number of halogens is 2. The number of rotatable bonds is 5. The number of aryl methyl sites for hydroxylation is 1. The Morgan fingerprint density at radius 3 is 2.65 bits per heavy atom. The van der Waals surface area contributed by atoms with E-state index in [2.05, 4.69) is 0 Å². The van der Waals surface area contributed by atoms with Gasteiger partial charge in [0, 0.05) is 40.7 Å². The SMILES string of the molecule is Cc1ccc(N=C2SCCCN2C(=O)C=Cc2cn(-c3ccccc3)nc2-c2ccc(F)cc2)cc1Cl. The zero-order chi connectivity index (χ0) is 25.8. The van der Waals surface area contributed by atoms with Crippen LogP contribution in [-0.4, -0.2) is 38.1 Å². The van der Waals surface area contributed by atoms with Crippen molar-refractivity contribution in [2.45, 2.75) is 13.3 Å². The van der Waals surface area contributed by atoms with Crippen LogP contribution in [0.25, 0.3) is 23.0 Å². The maximum absolute atomic E-state index is 13.6. The minimum Gasteiger partial charge on any atom is -0.288 e. The van der Waals surface area contributed by atoms with Crippen LogP contribution in [0, 0.1) is 12.7 Å². The van der Waals surface area contributed by atoms with Crippen LogP contribution in [0.3, 0.4) is 0 Å². The van der Waals surface area contributed by atoms with Gasteiger partial charge in [-0.1, -0.05) is 47.6 Å². The lowest BCUT2D eigenvalue weighted by Crippen LogP contribution is -2.38. The molecule has 3 aromatic carbocycles. The molecule has 0 unspecified atom stereocenters. The van der Waals surface area contributed by atoms with Crippen molar-refractivity contribution in [3.8, 4) is 16.9 Å². The number of carbonyl (C=O) groups is 1. The molecule has 0 bridgehead atoms. The molecule has 0 atom stereocenters. The number of thioether (sulfide) groups is 1. The lowest BCUT2D eigenvalue weighted by molar-refractivity contribution is -0.122. The van der Waals surface area contributed by atoms with Crippen molar-refractivity contribution < 1.29 is 9.18 Å². The van der Waals surface area contributed by atoms with E-state index in [1.54, 1.807) is 45.6 Å². The van der Waals surface area contributed by atoms with Crippen molar-refractivity contribution >= 4 is 46.2 Å². The highest BCUT2D eigenvalue weighted by molar-refractivity contribution is 8.13. The van der Waals surface area contributed by atoms with Gasteiger partial charge < -0.3 is 0 Å². The molecule has 1 amide bonds. The monoisotopic (exact) mass is 530 g/mol. The molecule has 1 aliphatic heterocycles. The Labute approximate surface area is 224 Å². The molecule has 2 heterocycles. The number of hydrogen-bond acceptors (Lipinski definition) is 4. The molecule has 1 fully saturated rings. The second-order valence-corrected chi connectivity index (χ2v) is 10.0. The van der Waals surface area contributed by atoms with Crippen molar-refractivity contribution in [1.29, 1.82) is 0 Å². The fourth-order valence-corrected chi connectivity index (χ4v) is 5.06. The lowest BCUT2D eigenvalue weighted by atomic mass is 10.1. The van der Waals surface area contributed by atoms with Crippen LogP contribution >= 0.6 is 23.4 Å². The molecule has 1 aliphatic rings. The van der Waals surface area contributed by atoms with Crippen LogP contribution in [0.1, 0.15) is 17.5 Å². The number of nitrogens with zero attached hydrogens (tertiary/aromatic N) is 4. The van der Waals surface area contributed by atoms with Gasteiger partial charge >= 0.3 is 0 Å². The molecule has 5 nitrogen and oxygen atoms in total. The predicted octanol–water partition coefficient (Wildman–Crippen LogP) is 7.31. The fourth-order valence-electron chi connectivity index (χ4n) is 3.92. The topological polar surface area (TPSA) is 50.5 Å². The Kier molecular flexibility index (Phi) is 7.53. The molecule has 0 spiro atoms. The summed E-state index contributed by atoms with van der Waals surface area (Å²) in [6.45, 7) is 2.53. The molecule has 0 saturated carbocycles. The number of carbonyl (C=O) groups excluding carboxylic acids is 1. The summed E-state index contributed by atoms with van der Waals surface area (Å²) in [5, 5.41) is 6.03. The highest BCUT2D eigenvalue weighted by Crippen LogP contribution is 2.28. The van der Waals surface area contributed by atoms with E-state index < -0.39 is 0 Å². The van der Waals surface area contributed by atoms with Gasteiger partial charge in [0.05, 0.1) is 17.1 Å². The minimum atomic E-state index is -0.317. The summed E-state index contributed by atoms with van der Waals surface area (Å²) >= 11 is 7.83. The Bertz CT molecular complexity index is 1480. The summed E-state index contributed by atoms with van der Waals surface area (Å²) in [6.07, 6.45) is 6.05. The largest absolute Gasteiger partial charge is 0.288 e. The molecule has 0 radical (unpaired) electrons. The van der Waals surface area contributed by atoms with Crippen molar-refractivity contribution in [3.05, 3.63) is 107 Å². The number of hydrogen-bond donors (Lipinski definition) is 0. The van der Waals surface area contributed by atoms with E-state index >= 15 is 0 Å². The zero-order valence-electron chi connectivity index (χ0n) is 20.1. The third-order valence-corrected chi connectivity index (χ3v) is 7.39. The Balaban J connectivity index is 1.45. The van der Waals surface area contributed by atoms with Gasteiger partial charge in [-0.05, 0) is 73.5 Å². The molecular weight excluding hydrogens is 507 g/mol. The quantitative estimate of drug-likeness (QED) is 0.254. The van der Waals surface area contributed by atoms with Gasteiger partial charge in [-0.2, -0.15) is 5.10 Å². The van der Waals surface area contributed by atoms with Gasteiger partial charge in [0.15, 0.2) is 5.17 Å². The van der Waals surface area contributed by atoms with Gasteiger partial charge in [0.25, 0.3) is 5.91 Å². The van der Waals surface area contributed by atoms with E-state index in [-0.39, 0.29) is 11.7 Å². The molecule has 8 heteroatoms. The first-order valence-electron chi connectivity index (χ1n) is 11.9. The van der Waals surface area contributed by atoms with Crippen molar-refractivity contribution in [1.82, 2.24) is 14.7 Å². The fraction of sp³-hybridized carbons (Fsp3) is 0.138. The van der Waals surface area contributed by atoms with Gasteiger partial charge in [0.1, 0.15) is 5.82 Å². The average molecular weight is 531 g/mol. The lowest BCUT2D eigenvalue weighted by Gasteiger charge is -2.26. The number of amides is 1. The summed E-state index contributed by atoms with van der Waals surface area (Å²) in [5.41, 5.74) is 4.74. The normalized spacial score (nSPS) is 15.0. The maximum atomic E-state index is 13.6. The highest BCUT2D eigenvalue weighted by atomic mass is 35.5. The van der Waals surface area contributed by atoms with Gasteiger partial charge in [-0.3, -0.25) is 9.69 Å². The summed E-state index contributed by atoms with van der Waals surface area (Å²) in [5.74, 6) is 0.411. The summed E-state index contributed by atoms with van der Waals surface area (Å²) < 4.78 is 15.3. The molecule has 186 valence electrons. The van der Waals surface area contributed by atoms with Crippen LogP contribution in [-0.2, 0) is 4.79 Å². The molecule has 1 aromatic heterocycles.